The highest BCUT2D eigenvalue weighted by Crippen LogP contribution is 2.27. The third kappa shape index (κ3) is 5.23. The number of hydrogen-bond donors (Lipinski definition) is 2. The molecule has 0 aromatic carbocycles. The Bertz CT molecular complexity index is 467. The second kappa shape index (κ2) is 5.98. The van der Waals surface area contributed by atoms with Crippen LogP contribution in [0.25, 0.3) is 0 Å². The molecule has 0 saturated heterocycles. The zero-order chi connectivity index (χ0) is 14.6. The fraction of sp³-hybridized carbons (Fsp3) is 0.545. The highest BCUT2D eigenvalue weighted by molar-refractivity contribution is 7.15. The molecule has 0 radical (unpaired) electrons. The number of carbonyl (C=O) groups excluding carboxylic acids is 1. The van der Waals surface area contributed by atoms with Crippen molar-refractivity contribution in [3.8, 4) is 0 Å². The quantitative estimate of drug-likeness (QED) is 0.652. The molecule has 7 nitrogen and oxygen atoms in total. The maximum Gasteiger partial charge on any atom is 0.407 e. The number of carbonyl (C=O) groups is 1. The van der Waals surface area contributed by atoms with Gasteiger partial charge in [-0.2, -0.15) is 0 Å². The molecule has 1 unspecified atom stereocenters. The molecule has 0 aliphatic rings. The van der Waals surface area contributed by atoms with Crippen LogP contribution in [0.1, 0.15) is 31.7 Å². The summed E-state index contributed by atoms with van der Waals surface area (Å²) in [6.45, 7) is 5.44. The van der Waals surface area contributed by atoms with Crippen molar-refractivity contribution in [2.45, 2.75) is 32.4 Å². The second-order valence-corrected chi connectivity index (χ2v) is 6.02. The molecule has 1 heterocycles. The molecule has 1 aromatic heterocycles. The van der Waals surface area contributed by atoms with Crippen LogP contribution in [0, 0.1) is 10.1 Å². The molecule has 0 aliphatic carbocycles. The van der Waals surface area contributed by atoms with Gasteiger partial charge in [0.25, 0.3) is 0 Å². The van der Waals surface area contributed by atoms with Crippen LogP contribution in [0.5, 0.6) is 0 Å². The fourth-order valence-electron chi connectivity index (χ4n) is 1.25. The zero-order valence-electron chi connectivity index (χ0n) is 11.0. The minimum absolute atomic E-state index is 0.0303. The van der Waals surface area contributed by atoms with Crippen molar-refractivity contribution in [2.75, 3.05) is 6.54 Å². The maximum atomic E-state index is 11.4. The van der Waals surface area contributed by atoms with E-state index < -0.39 is 22.7 Å². The predicted molar refractivity (Wildman–Crippen MR) is 72.1 cm³/mol. The van der Waals surface area contributed by atoms with Gasteiger partial charge >= 0.3 is 11.1 Å². The highest BCUT2D eigenvalue weighted by Gasteiger charge is 2.18. The summed E-state index contributed by atoms with van der Waals surface area (Å²) < 4.78 is 5.06. The summed E-state index contributed by atoms with van der Waals surface area (Å²) in [6.07, 6.45) is -0.561. The number of rotatable bonds is 4. The SMILES string of the molecule is CC(C)(C)OC(=O)NCC(N)c1ccc([N+](=O)[O-])s1. The summed E-state index contributed by atoms with van der Waals surface area (Å²) >= 11 is 0.998. The van der Waals surface area contributed by atoms with Gasteiger partial charge in [0.1, 0.15) is 5.60 Å². The van der Waals surface area contributed by atoms with E-state index >= 15 is 0 Å². The molecular formula is C11H17N3O4S. The normalized spacial score (nSPS) is 12.8. The summed E-state index contributed by atoms with van der Waals surface area (Å²) in [6, 6.07) is 2.49. The summed E-state index contributed by atoms with van der Waals surface area (Å²) in [4.78, 5) is 22.1. The van der Waals surface area contributed by atoms with Gasteiger partial charge in [0.2, 0.25) is 0 Å². The first-order valence-electron chi connectivity index (χ1n) is 5.65. The minimum atomic E-state index is -0.574. The number of ether oxygens (including phenoxy) is 1. The van der Waals surface area contributed by atoms with Gasteiger partial charge in [0, 0.05) is 17.5 Å². The van der Waals surface area contributed by atoms with Gasteiger partial charge in [-0.15, -0.1) is 0 Å². The van der Waals surface area contributed by atoms with Crippen LogP contribution in [-0.2, 0) is 4.74 Å². The van der Waals surface area contributed by atoms with Gasteiger partial charge < -0.3 is 15.8 Å². The number of thiophene rings is 1. The van der Waals surface area contributed by atoms with Gasteiger partial charge in [0.05, 0.1) is 11.0 Å². The van der Waals surface area contributed by atoms with Gasteiger partial charge in [-0.25, -0.2) is 4.79 Å². The van der Waals surface area contributed by atoms with E-state index in [9.17, 15) is 14.9 Å². The molecular weight excluding hydrogens is 270 g/mol. The number of nitrogens with one attached hydrogen (secondary N) is 1. The number of hydrogen-bond acceptors (Lipinski definition) is 6. The van der Waals surface area contributed by atoms with E-state index in [-0.39, 0.29) is 11.5 Å². The Labute approximate surface area is 114 Å². The van der Waals surface area contributed by atoms with Crippen molar-refractivity contribution in [3.05, 3.63) is 27.1 Å². The fourth-order valence-corrected chi connectivity index (χ4v) is 2.07. The van der Waals surface area contributed by atoms with Gasteiger partial charge in [0.15, 0.2) is 0 Å². The van der Waals surface area contributed by atoms with Crippen LogP contribution in [-0.4, -0.2) is 23.2 Å². The van der Waals surface area contributed by atoms with Crippen LogP contribution in [0.4, 0.5) is 9.80 Å². The Hall–Kier alpha value is -1.67. The maximum absolute atomic E-state index is 11.4. The van der Waals surface area contributed by atoms with Crippen molar-refractivity contribution in [3.63, 3.8) is 0 Å². The number of nitro groups is 1. The van der Waals surface area contributed by atoms with Gasteiger partial charge in [-0.3, -0.25) is 10.1 Å². The first kappa shape index (κ1) is 15.4. The van der Waals surface area contributed by atoms with E-state index in [0.29, 0.717) is 4.88 Å². The molecule has 106 valence electrons. The van der Waals surface area contributed by atoms with E-state index in [2.05, 4.69) is 5.32 Å². The lowest BCUT2D eigenvalue weighted by molar-refractivity contribution is -0.380. The van der Waals surface area contributed by atoms with Crippen molar-refractivity contribution in [2.24, 2.45) is 5.73 Å². The molecule has 19 heavy (non-hydrogen) atoms. The Balaban J connectivity index is 2.48. The van der Waals surface area contributed by atoms with E-state index in [4.69, 9.17) is 10.5 Å². The molecule has 0 saturated carbocycles. The van der Waals surface area contributed by atoms with E-state index in [1.165, 1.54) is 6.07 Å². The smallest absolute Gasteiger partial charge is 0.407 e. The first-order chi connectivity index (χ1) is 8.69. The van der Waals surface area contributed by atoms with Gasteiger partial charge in [-0.1, -0.05) is 11.3 Å². The molecule has 1 amide bonds. The Morgan fingerprint density at radius 1 is 1.58 bits per heavy atom. The van der Waals surface area contributed by atoms with Crippen LogP contribution in [0.3, 0.4) is 0 Å². The van der Waals surface area contributed by atoms with E-state index in [1.807, 2.05) is 0 Å². The molecule has 0 aliphatic heterocycles. The second-order valence-electron chi connectivity index (χ2n) is 4.92. The topological polar surface area (TPSA) is 107 Å². The minimum Gasteiger partial charge on any atom is -0.444 e. The molecule has 1 rings (SSSR count). The first-order valence-corrected chi connectivity index (χ1v) is 6.47. The Morgan fingerprint density at radius 2 is 2.21 bits per heavy atom. The van der Waals surface area contributed by atoms with Crippen LogP contribution >= 0.6 is 11.3 Å². The summed E-state index contributed by atoms with van der Waals surface area (Å²) in [5.74, 6) is 0. The zero-order valence-corrected chi connectivity index (χ0v) is 11.8. The molecule has 8 heteroatoms. The van der Waals surface area contributed by atoms with E-state index in [1.54, 1.807) is 26.8 Å². The highest BCUT2D eigenvalue weighted by atomic mass is 32.1. The average molecular weight is 287 g/mol. The molecule has 3 N–H and O–H groups in total. The van der Waals surface area contributed by atoms with Gasteiger partial charge in [-0.05, 0) is 26.8 Å². The number of amides is 1. The molecule has 1 aromatic rings. The summed E-state index contributed by atoms with van der Waals surface area (Å²) in [5, 5.41) is 13.1. The van der Waals surface area contributed by atoms with Crippen molar-refractivity contribution in [1.29, 1.82) is 0 Å². The summed E-state index contributed by atoms with van der Waals surface area (Å²) in [5.41, 5.74) is 5.26. The number of alkyl carbamates (subject to hydrolysis) is 1. The third-order valence-corrected chi connectivity index (χ3v) is 3.19. The lowest BCUT2D eigenvalue weighted by Crippen LogP contribution is -2.36. The van der Waals surface area contributed by atoms with Crippen molar-refractivity contribution < 1.29 is 14.5 Å². The third-order valence-electron chi connectivity index (χ3n) is 2.02. The summed E-state index contributed by atoms with van der Waals surface area (Å²) in [7, 11) is 0. The van der Waals surface area contributed by atoms with Crippen LogP contribution in [0.2, 0.25) is 0 Å². The van der Waals surface area contributed by atoms with Crippen LogP contribution < -0.4 is 11.1 Å². The largest absolute Gasteiger partial charge is 0.444 e. The van der Waals surface area contributed by atoms with Crippen molar-refractivity contribution in [1.82, 2.24) is 5.32 Å². The van der Waals surface area contributed by atoms with Crippen LogP contribution in [0.15, 0.2) is 12.1 Å². The van der Waals surface area contributed by atoms with Crippen molar-refractivity contribution >= 4 is 22.4 Å². The molecule has 0 spiro atoms. The lowest BCUT2D eigenvalue weighted by atomic mass is 10.2. The molecule has 0 bridgehead atoms. The number of nitrogens with zero attached hydrogens (tertiary/aromatic N) is 1. The number of nitrogens with two attached hydrogens (primary N) is 1. The molecule has 1 atom stereocenters. The van der Waals surface area contributed by atoms with E-state index in [0.717, 1.165) is 11.3 Å². The molecule has 0 fully saturated rings. The standard InChI is InChI=1S/C11H17N3O4S/c1-11(2,3)18-10(15)13-6-7(12)8-4-5-9(19-8)14(16)17/h4-5,7H,6,12H2,1-3H3,(H,13,15). The lowest BCUT2D eigenvalue weighted by Gasteiger charge is -2.20. The average Bonchev–Trinajstić information content (AvgIpc) is 2.72. The monoisotopic (exact) mass is 287 g/mol. The predicted octanol–water partition coefficient (Wildman–Crippen LogP) is 2.18. The Morgan fingerprint density at radius 3 is 2.68 bits per heavy atom. The Kier molecular flexibility index (Phi) is 4.84.